The minimum Gasteiger partial charge on any atom is -0.484 e. The lowest BCUT2D eigenvalue weighted by molar-refractivity contribution is 0.0636. The maximum absolute atomic E-state index is 10.2. The molecule has 0 fully saturated rings. The van der Waals surface area contributed by atoms with E-state index in [1.807, 2.05) is 30.3 Å². The summed E-state index contributed by atoms with van der Waals surface area (Å²) < 4.78 is 7.80. The van der Waals surface area contributed by atoms with Gasteiger partial charge < -0.3 is 9.84 Å². The Balaban J connectivity index is 1.93. The minimum atomic E-state index is -0.521. The molecular formula is C14H11Br2NO2. The van der Waals surface area contributed by atoms with Crippen LogP contribution in [0.25, 0.3) is 0 Å². The van der Waals surface area contributed by atoms with Crippen LogP contribution in [-0.2, 0) is 0 Å². The molecule has 3 rings (SSSR count). The van der Waals surface area contributed by atoms with Crippen molar-refractivity contribution in [2.75, 3.05) is 0 Å². The number of benzene rings is 1. The number of pyridine rings is 1. The van der Waals surface area contributed by atoms with E-state index in [-0.39, 0.29) is 6.10 Å². The van der Waals surface area contributed by atoms with Crippen LogP contribution in [0.1, 0.15) is 29.9 Å². The van der Waals surface area contributed by atoms with Gasteiger partial charge in [-0.05, 0) is 40.2 Å². The van der Waals surface area contributed by atoms with Gasteiger partial charge in [-0.2, -0.15) is 0 Å². The third-order valence-electron chi connectivity index (χ3n) is 3.12. The Bertz CT molecular complexity index is 601. The molecule has 19 heavy (non-hydrogen) atoms. The first-order valence-electron chi connectivity index (χ1n) is 5.89. The number of aliphatic hydroxyl groups is 1. The van der Waals surface area contributed by atoms with Crippen molar-refractivity contribution in [1.82, 2.24) is 4.98 Å². The van der Waals surface area contributed by atoms with Crippen LogP contribution >= 0.6 is 31.9 Å². The van der Waals surface area contributed by atoms with Crippen molar-refractivity contribution in [3.8, 4) is 5.75 Å². The highest BCUT2D eigenvalue weighted by Gasteiger charge is 2.28. The van der Waals surface area contributed by atoms with Gasteiger partial charge in [0.05, 0.1) is 11.8 Å². The average molecular weight is 385 g/mol. The molecule has 1 unspecified atom stereocenters. The van der Waals surface area contributed by atoms with E-state index >= 15 is 0 Å². The van der Waals surface area contributed by atoms with E-state index < -0.39 is 6.10 Å². The standard InChI is InChI=1S/C14H11Br2NO2/c15-8-1-3-10-12(18)6-14(19-13(10)5-8)11-4-2-9(16)7-17-11/h1-5,7,12,14,18H,6H2/t12-,14?/m1/s1. The fourth-order valence-electron chi connectivity index (χ4n) is 2.18. The van der Waals surface area contributed by atoms with Crippen LogP contribution in [0.5, 0.6) is 5.75 Å². The number of nitrogens with zero attached hydrogens (tertiary/aromatic N) is 1. The molecule has 0 saturated heterocycles. The molecule has 1 aromatic heterocycles. The molecule has 0 spiro atoms. The molecule has 1 aromatic carbocycles. The van der Waals surface area contributed by atoms with Crippen LogP contribution in [0, 0.1) is 0 Å². The zero-order valence-electron chi connectivity index (χ0n) is 9.88. The molecule has 0 amide bonds. The number of hydrogen-bond donors (Lipinski definition) is 1. The molecule has 2 atom stereocenters. The smallest absolute Gasteiger partial charge is 0.143 e. The highest BCUT2D eigenvalue weighted by atomic mass is 79.9. The molecule has 2 heterocycles. The van der Waals surface area contributed by atoms with Gasteiger partial charge in [0.2, 0.25) is 0 Å². The van der Waals surface area contributed by atoms with Gasteiger partial charge in [-0.3, -0.25) is 4.98 Å². The highest BCUT2D eigenvalue weighted by Crippen LogP contribution is 2.41. The molecule has 0 bridgehead atoms. The average Bonchev–Trinajstić information content (AvgIpc) is 2.38. The van der Waals surface area contributed by atoms with Crippen LogP contribution in [-0.4, -0.2) is 10.1 Å². The minimum absolute atomic E-state index is 0.218. The second-order valence-corrected chi connectivity index (χ2v) is 6.27. The van der Waals surface area contributed by atoms with E-state index in [1.54, 1.807) is 6.20 Å². The van der Waals surface area contributed by atoms with Crippen LogP contribution < -0.4 is 4.74 Å². The number of ether oxygens (including phenoxy) is 1. The summed E-state index contributed by atoms with van der Waals surface area (Å²) in [7, 11) is 0. The van der Waals surface area contributed by atoms with E-state index in [9.17, 15) is 5.11 Å². The zero-order chi connectivity index (χ0) is 13.4. The largest absolute Gasteiger partial charge is 0.484 e. The Labute approximate surface area is 127 Å². The van der Waals surface area contributed by atoms with Gasteiger partial charge in [-0.15, -0.1) is 0 Å². The summed E-state index contributed by atoms with van der Waals surface area (Å²) >= 11 is 6.77. The normalized spacial score (nSPS) is 21.6. The maximum atomic E-state index is 10.2. The third kappa shape index (κ3) is 2.68. The number of halogens is 2. The van der Waals surface area contributed by atoms with Crippen molar-refractivity contribution < 1.29 is 9.84 Å². The molecule has 0 saturated carbocycles. The molecule has 1 aliphatic rings. The Morgan fingerprint density at radius 1 is 1.16 bits per heavy atom. The lowest BCUT2D eigenvalue weighted by atomic mass is 9.97. The highest BCUT2D eigenvalue weighted by molar-refractivity contribution is 9.10. The monoisotopic (exact) mass is 383 g/mol. The molecule has 0 radical (unpaired) electrons. The number of rotatable bonds is 1. The fourth-order valence-corrected chi connectivity index (χ4v) is 2.75. The topological polar surface area (TPSA) is 42.4 Å². The molecule has 2 aromatic rings. The van der Waals surface area contributed by atoms with Crippen molar-refractivity contribution in [3.63, 3.8) is 0 Å². The third-order valence-corrected chi connectivity index (χ3v) is 4.08. The lowest BCUT2D eigenvalue weighted by Crippen LogP contribution is -2.19. The van der Waals surface area contributed by atoms with Crippen LogP contribution in [0.4, 0.5) is 0 Å². The Hall–Kier alpha value is -0.910. The number of aliphatic hydroxyl groups excluding tert-OH is 1. The van der Waals surface area contributed by atoms with Crippen LogP contribution in [0.2, 0.25) is 0 Å². The number of aromatic nitrogens is 1. The summed E-state index contributed by atoms with van der Waals surface area (Å²) in [6.07, 6.45) is 1.52. The quantitative estimate of drug-likeness (QED) is 0.802. The Kier molecular flexibility index (Phi) is 3.60. The van der Waals surface area contributed by atoms with Crippen molar-refractivity contribution in [2.45, 2.75) is 18.6 Å². The Morgan fingerprint density at radius 2 is 1.95 bits per heavy atom. The van der Waals surface area contributed by atoms with E-state index in [0.29, 0.717) is 12.2 Å². The second-order valence-electron chi connectivity index (χ2n) is 4.44. The maximum Gasteiger partial charge on any atom is 0.143 e. The zero-order valence-corrected chi connectivity index (χ0v) is 13.1. The molecule has 1 N–H and O–H groups in total. The van der Waals surface area contributed by atoms with E-state index in [4.69, 9.17) is 4.74 Å². The van der Waals surface area contributed by atoms with Gasteiger partial charge in [0, 0.05) is 27.1 Å². The van der Waals surface area contributed by atoms with E-state index in [2.05, 4.69) is 36.8 Å². The molecule has 1 aliphatic heterocycles. The predicted octanol–water partition coefficient (Wildman–Crippen LogP) is 4.16. The molecule has 3 nitrogen and oxygen atoms in total. The SMILES string of the molecule is O[C@@H]1CC(c2ccc(Br)cn2)Oc2cc(Br)ccc21. The van der Waals surface area contributed by atoms with Gasteiger partial charge in [-0.25, -0.2) is 0 Å². The summed E-state index contributed by atoms with van der Waals surface area (Å²) in [6, 6.07) is 9.50. The van der Waals surface area contributed by atoms with Gasteiger partial charge in [0.25, 0.3) is 0 Å². The van der Waals surface area contributed by atoms with E-state index in [0.717, 1.165) is 20.2 Å². The van der Waals surface area contributed by atoms with Crippen molar-refractivity contribution in [1.29, 1.82) is 0 Å². The first kappa shape index (κ1) is 13.1. The van der Waals surface area contributed by atoms with E-state index in [1.165, 1.54) is 0 Å². The number of hydrogen-bond acceptors (Lipinski definition) is 3. The van der Waals surface area contributed by atoms with Gasteiger partial charge in [0.15, 0.2) is 0 Å². The summed E-state index contributed by atoms with van der Waals surface area (Å²) in [6.45, 7) is 0. The molecule has 0 aliphatic carbocycles. The van der Waals surface area contributed by atoms with Crippen molar-refractivity contribution in [3.05, 3.63) is 56.7 Å². The summed E-state index contributed by atoms with van der Waals surface area (Å²) in [5.41, 5.74) is 1.66. The van der Waals surface area contributed by atoms with Gasteiger partial charge in [-0.1, -0.05) is 22.0 Å². The molecule has 5 heteroatoms. The van der Waals surface area contributed by atoms with Gasteiger partial charge >= 0.3 is 0 Å². The van der Waals surface area contributed by atoms with Gasteiger partial charge in [0.1, 0.15) is 11.9 Å². The number of fused-ring (bicyclic) bond motifs is 1. The lowest BCUT2D eigenvalue weighted by Gasteiger charge is -2.29. The van der Waals surface area contributed by atoms with Crippen molar-refractivity contribution in [2.24, 2.45) is 0 Å². The second kappa shape index (κ2) is 5.23. The summed E-state index contributed by atoms with van der Waals surface area (Å²) in [5, 5.41) is 10.2. The predicted molar refractivity (Wildman–Crippen MR) is 79.0 cm³/mol. The van der Waals surface area contributed by atoms with Crippen molar-refractivity contribution >= 4 is 31.9 Å². The molecule has 98 valence electrons. The first-order valence-corrected chi connectivity index (χ1v) is 7.48. The van der Waals surface area contributed by atoms with Crippen LogP contribution in [0.3, 0.4) is 0 Å². The Morgan fingerprint density at radius 3 is 2.68 bits per heavy atom. The summed E-state index contributed by atoms with van der Waals surface area (Å²) in [4.78, 5) is 4.34. The summed E-state index contributed by atoms with van der Waals surface area (Å²) in [5.74, 6) is 0.711. The fraction of sp³-hybridized carbons (Fsp3) is 0.214. The molecular weight excluding hydrogens is 374 g/mol. The first-order chi connectivity index (χ1) is 9.13. The van der Waals surface area contributed by atoms with Crippen LogP contribution in [0.15, 0.2) is 45.5 Å².